The Morgan fingerprint density at radius 1 is 1.15 bits per heavy atom. The first-order valence-electron chi connectivity index (χ1n) is 8.42. The van der Waals surface area contributed by atoms with Crippen molar-refractivity contribution in [2.75, 3.05) is 13.2 Å². The van der Waals surface area contributed by atoms with Crippen LogP contribution in [0.5, 0.6) is 5.75 Å². The average Bonchev–Trinajstić information content (AvgIpc) is 3.00. The lowest BCUT2D eigenvalue weighted by Gasteiger charge is -2.12. The second kappa shape index (κ2) is 8.27. The van der Waals surface area contributed by atoms with Crippen molar-refractivity contribution in [3.05, 3.63) is 52.3 Å². The molecule has 0 aliphatic carbocycles. The number of hydrogen-bond acceptors (Lipinski definition) is 4. The predicted molar refractivity (Wildman–Crippen MR) is 103 cm³/mol. The molecule has 0 aliphatic heterocycles. The topological polar surface area (TPSA) is 56.0 Å². The summed E-state index contributed by atoms with van der Waals surface area (Å²) in [5, 5.41) is 10.9. The first-order valence-corrected chi connectivity index (χ1v) is 9.18. The van der Waals surface area contributed by atoms with Gasteiger partial charge < -0.3 is 14.6 Å². The normalized spacial score (nSPS) is 12.5. The Bertz CT molecular complexity index is 911. The molecule has 3 aromatic rings. The molecule has 26 heavy (non-hydrogen) atoms. The van der Waals surface area contributed by atoms with Crippen molar-refractivity contribution in [3.8, 4) is 17.0 Å². The number of ether oxygens (including phenoxy) is 2. The van der Waals surface area contributed by atoms with Gasteiger partial charge in [0.2, 0.25) is 0 Å². The van der Waals surface area contributed by atoms with Gasteiger partial charge >= 0.3 is 0 Å². The Hall–Kier alpha value is -1.79. The number of fused-ring (bicyclic) bond motifs is 1. The second-order valence-electron chi connectivity index (χ2n) is 5.68. The van der Waals surface area contributed by atoms with Crippen molar-refractivity contribution in [2.24, 2.45) is 0 Å². The van der Waals surface area contributed by atoms with Gasteiger partial charge in [0.05, 0.1) is 28.0 Å². The van der Waals surface area contributed by atoms with Gasteiger partial charge in [-0.05, 0) is 38.1 Å². The first kappa shape index (κ1) is 19.0. The van der Waals surface area contributed by atoms with Crippen molar-refractivity contribution in [1.82, 2.24) is 9.38 Å². The van der Waals surface area contributed by atoms with Gasteiger partial charge in [0.25, 0.3) is 0 Å². The number of aromatic nitrogens is 2. The lowest BCUT2D eigenvalue weighted by molar-refractivity contribution is -0.0932. The van der Waals surface area contributed by atoms with E-state index in [4.69, 9.17) is 32.7 Å². The maximum Gasteiger partial charge on any atom is 0.160 e. The van der Waals surface area contributed by atoms with Gasteiger partial charge in [0.1, 0.15) is 11.4 Å². The molecule has 0 amide bonds. The molecule has 138 valence electrons. The largest absolute Gasteiger partial charge is 0.492 e. The van der Waals surface area contributed by atoms with E-state index in [2.05, 4.69) is 4.98 Å². The minimum Gasteiger partial charge on any atom is -0.492 e. The molecule has 0 spiro atoms. The minimum atomic E-state index is -0.878. The molecule has 0 fully saturated rings. The third kappa shape index (κ3) is 3.96. The summed E-state index contributed by atoms with van der Waals surface area (Å²) in [5.74, 6) is 0.581. The fourth-order valence-corrected chi connectivity index (χ4v) is 3.34. The predicted octanol–water partition coefficient (Wildman–Crippen LogP) is 4.60. The van der Waals surface area contributed by atoms with Crippen molar-refractivity contribution in [1.29, 1.82) is 0 Å². The zero-order valence-electron chi connectivity index (χ0n) is 14.6. The summed E-state index contributed by atoms with van der Waals surface area (Å²) in [6.07, 6.45) is 1.31. The summed E-state index contributed by atoms with van der Waals surface area (Å²) >= 11 is 12.6. The van der Waals surface area contributed by atoms with Crippen molar-refractivity contribution in [3.63, 3.8) is 0 Å². The number of halogens is 2. The van der Waals surface area contributed by atoms with E-state index in [0.29, 0.717) is 35.4 Å². The molecule has 0 saturated heterocycles. The van der Waals surface area contributed by atoms with Gasteiger partial charge in [0.15, 0.2) is 6.29 Å². The number of benzene rings is 1. The van der Waals surface area contributed by atoms with Gasteiger partial charge in [-0.25, -0.2) is 4.98 Å². The van der Waals surface area contributed by atoms with Crippen LogP contribution < -0.4 is 4.74 Å². The SMILES string of the molecule is CCOc1cc(-c2cccc3nc(CC(O)OCC)cn23)c(Cl)cc1Cl. The van der Waals surface area contributed by atoms with Gasteiger partial charge in [-0.3, -0.25) is 4.40 Å². The minimum absolute atomic E-state index is 0.313. The van der Waals surface area contributed by atoms with E-state index in [1.807, 2.05) is 48.7 Å². The third-order valence-electron chi connectivity index (χ3n) is 3.88. The summed E-state index contributed by atoms with van der Waals surface area (Å²) in [7, 11) is 0. The van der Waals surface area contributed by atoms with Crippen molar-refractivity contribution < 1.29 is 14.6 Å². The van der Waals surface area contributed by atoms with Crippen LogP contribution >= 0.6 is 23.2 Å². The lowest BCUT2D eigenvalue weighted by atomic mass is 10.1. The molecule has 0 bridgehead atoms. The fourth-order valence-electron chi connectivity index (χ4n) is 2.80. The van der Waals surface area contributed by atoms with Gasteiger partial charge in [0, 0.05) is 24.8 Å². The molecule has 0 saturated carbocycles. The van der Waals surface area contributed by atoms with E-state index < -0.39 is 6.29 Å². The molecule has 5 nitrogen and oxygen atoms in total. The summed E-state index contributed by atoms with van der Waals surface area (Å²) in [5.41, 5.74) is 3.13. The highest BCUT2D eigenvalue weighted by atomic mass is 35.5. The third-order valence-corrected chi connectivity index (χ3v) is 4.49. The molecule has 3 rings (SSSR count). The first-order chi connectivity index (χ1) is 12.5. The smallest absolute Gasteiger partial charge is 0.160 e. The number of aliphatic hydroxyl groups excluding tert-OH is 1. The Morgan fingerprint density at radius 3 is 2.69 bits per heavy atom. The van der Waals surface area contributed by atoms with Crippen LogP contribution in [0.25, 0.3) is 16.9 Å². The maximum absolute atomic E-state index is 9.86. The monoisotopic (exact) mass is 394 g/mol. The van der Waals surface area contributed by atoms with Gasteiger partial charge in [-0.15, -0.1) is 0 Å². The fraction of sp³-hybridized carbons (Fsp3) is 0.316. The van der Waals surface area contributed by atoms with Gasteiger partial charge in [-0.2, -0.15) is 0 Å². The van der Waals surface area contributed by atoms with Crippen LogP contribution in [0, 0.1) is 0 Å². The second-order valence-corrected chi connectivity index (χ2v) is 6.50. The van der Waals surface area contributed by atoms with Gasteiger partial charge in [-0.1, -0.05) is 29.3 Å². The lowest BCUT2D eigenvalue weighted by Crippen LogP contribution is -2.14. The maximum atomic E-state index is 9.86. The van der Waals surface area contributed by atoms with Crippen LogP contribution in [0.15, 0.2) is 36.5 Å². The number of aliphatic hydroxyl groups is 1. The molecule has 0 aliphatic rings. The van der Waals surface area contributed by atoms with Crippen LogP contribution in [-0.2, 0) is 11.2 Å². The van der Waals surface area contributed by atoms with E-state index in [9.17, 15) is 5.11 Å². The summed E-state index contributed by atoms with van der Waals surface area (Å²) in [6.45, 7) is 4.69. The highest BCUT2D eigenvalue weighted by Crippen LogP contribution is 2.37. The molecule has 1 unspecified atom stereocenters. The van der Waals surface area contributed by atoms with Crippen LogP contribution in [0.3, 0.4) is 0 Å². The standard InChI is InChI=1S/C19H20Cl2N2O3/c1-3-25-17-9-13(14(20)10-15(17)21)16-6-5-7-18-22-12(11-23(16)18)8-19(24)26-4-2/h5-7,9-11,19,24H,3-4,8H2,1-2H3. The molecule has 1 N–H and O–H groups in total. The Kier molecular flexibility index (Phi) is 6.04. The van der Waals surface area contributed by atoms with E-state index >= 15 is 0 Å². The van der Waals surface area contributed by atoms with E-state index in [1.54, 1.807) is 6.07 Å². The van der Waals surface area contributed by atoms with Crippen LogP contribution in [-0.4, -0.2) is 34.0 Å². The molecule has 0 radical (unpaired) electrons. The number of hydrogen-bond donors (Lipinski definition) is 1. The summed E-state index contributed by atoms with van der Waals surface area (Å²) < 4.78 is 12.7. The number of pyridine rings is 1. The van der Waals surface area contributed by atoms with Crippen molar-refractivity contribution >= 4 is 28.8 Å². The Morgan fingerprint density at radius 2 is 1.96 bits per heavy atom. The van der Waals surface area contributed by atoms with Crippen LogP contribution in [0.1, 0.15) is 19.5 Å². The molecule has 2 heterocycles. The Balaban J connectivity index is 2.05. The van der Waals surface area contributed by atoms with E-state index in [-0.39, 0.29) is 0 Å². The molecular formula is C19H20Cl2N2O3. The summed E-state index contributed by atoms with van der Waals surface area (Å²) in [4.78, 5) is 4.55. The highest BCUT2D eigenvalue weighted by molar-refractivity contribution is 6.37. The molecule has 1 aromatic carbocycles. The molecular weight excluding hydrogens is 375 g/mol. The quantitative estimate of drug-likeness (QED) is 0.594. The molecule has 7 heteroatoms. The zero-order valence-corrected chi connectivity index (χ0v) is 16.1. The number of imidazole rings is 1. The zero-order chi connectivity index (χ0) is 18.7. The van der Waals surface area contributed by atoms with Crippen molar-refractivity contribution in [2.45, 2.75) is 26.6 Å². The van der Waals surface area contributed by atoms with Crippen LogP contribution in [0.4, 0.5) is 0 Å². The number of nitrogens with zero attached hydrogens (tertiary/aromatic N) is 2. The Labute approximate surface area is 162 Å². The molecule has 1 atom stereocenters. The average molecular weight is 395 g/mol. The van der Waals surface area contributed by atoms with E-state index in [0.717, 1.165) is 22.6 Å². The summed E-state index contributed by atoms with van der Waals surface area (Å²) in [6, 6.07) is 9.26. The molecule has 2 aromatic heterocycles. The van der Waals surface area contributed by atoms with E-state index in [1.165, 1.54) is 0 Å². The van der Waals surface area contributed by atoms with Crippen LogP contribution in [0.2, 0.25) is 10.0 Å². The number of rotatable bonds is 7. The highest BCUT2D eigenvalue weighted by Gasteiger charge is 2.15.